The van der Waals surface area contributed by atoms with Crippen molar-refractivity contribution in [2.45, 2.75) is 32.4 Å². The van der Waals surface area contributed by atoms with Crippen LogP contribution in [0.4, 0.5) is 18.9 Å². The molecule has 0 bridgehead atoms. The third-order valence-electron chi connectivity index (χ3n) is 3.98. The molecule has 1 heterocycles. The molecule has 3 nitrogen and oxygen atoms in total. The van der Waals surface area contributed by atoms with Crippen LogP contribution in [0.1, 0.15) is 37.3 Å². The lowest BCUT2D eigenvalue weighted by atomic mass is 10.0. The number of nitrogens with two attached hydrogens (primary N) is 1. The van der Waals surface area contributed by atoms with E-state index >= 15 is 0 Å². The van der Waals surface area contributed by atoms with Crippen molar-refractivity contribution in [3.05, 3.63) is 29.3 Å². The monoisotopic (exact) mass is 299 g/mol. The summed E-state index contributed by atoms with van der Waals surface area (Å²) in [4.78, 5) is 2.08. The van der Waals surface area contributed by atoms with E-state index in [4.69, 9.17) is 11.1 Å². The van der Waals surface area contributed by atoms with Crippen LogP contribution in [0.3, 0.4) is 0 Å². The lowest BCUT2D eigenvalue weighted by molar-refractivity contribution is -0.137. The van der Waals surface area contributed by atoms with Gasteiger partial charge in [0, 0.05) is 24.3 Å². The Bertz CT molecular complexity index is 525. The summed E-state index contributed by atoms with van der Waals surface area (Å²) in [5, 5.41) is 7.40. The van der Waals surface area contributed by atoms with E-state index in [1.807, 2.05) is 0 Å². The van der Waals surface area contributed by atoms with E-state index in [9.17, 15) is 13.2 Å². The summed E-state index contributed by atoms with van der Waals surface area (Å²) >= 11 is 0. The molecule has 1 saturated heterocycles. The van der Waals surface area contributed by atoms with Gasteiger partial charge in [0.15, 0.2) is 0 Å². The molecule has 6 heteroatoms. The number of halogens is 3. The molecule has 21 heavy (non-hydrogen) atoms. The number of amidine groups is 1. The maximum absolute atomic E-state index is 12.9. The maximum atomic E-state index is 12.9. The Morgan fingerprint density at radius 3 is 2.62 bits per heavy atom. The van der Waals surface area contributed by atoms with Crippen LogP contribution in [-0.4, -0.2) is 18.9 Å². The Morgan fingerprint density at radius 2 is 2.00 bits per heavy atom. The lowest BCUT2D eigenvalue weighted by Gasteiger charge is -2.24. The molecule has 1 aromatic carbocycles. The third kappa shape index (κ3) is 3.68. The van der Waals surface area contributed by atoms with Crippen molar-refractivity contribution in [1.82, 2.24) is 0 Å². The van der Waals surface area contributed by atoms with Crippen molar-refractivity contribution in [3.63, 3.8) is 0 Å². The van der Waals surface area contributed by atoms with Crippen molar-refractivity contribution >= 4 is 11.5 Å². The van der Waals surface area contributed by atoms with Crippen molar-refractivity contribution in [2.75, 3.05) is 18.0 Å². The number of alkyl halides is 3. The molecule has 1 aliphatic heterocycles. The summed E-state index contributed by atoms with van der Waals surface area (Å²) in [5.41, 5.74) is 4.95. The second-order valence-corrected chi connectivity index (χ2v) is 5.66. The molecule has 0 aliphatic carbocycles. The Balaban J connectivity index is 2.33. The average Bonchev–Trinajstić information content (AvgIpc) is 2.62. The molecule has 0 spiro atoms. The van der Waals surface area contributed by atoms with Crippen LogP contribution in [0, 0.1) is 11.3 Å². The van der Waals surface area contributed by atoms with Crippen LogP contribution in [0.2, 0.25) is 0 Å². The van der Waals surface area contributed by atoms with Gasteiger partial charge in [-0.05, 0) is 43.4 Å². The van der Waals surface area contributed by atoms with Crippen molar-refractivity contribution in [3.8, 4) is 0 Å². The quantitative estimate of drug-likeness (QED) is 0.647. The van der Waals surface area contributed by atoms with Gasteiger partial charge >= 0.3 is 6.18 Å². The molecule has 0 amide bonds. The summed E-state index contributed by atoms with van der Waals surface area (Å²) < 4.78 is 38.8. The molecule has 1 aromatic rings. The average molecular weight is 299 g/mol. The number of hydrogen-bond acceptors (Lipinski definition) is 2. The van der Waals surface area contributed by atoms with Gasteiger partial charge < -0.3 is 10.6 Å². The highest BCUT2D eigenvalue weighted by Crippen LogP contribution is 2.34. The number of benzene rings is 1. The zero-order valence-corrected chi connectivity index (χ0v) is 12.0. The predicted octanol–water partition coefficient (Wildman–Crippen LogP) is 3.62. The van der Waals surface area contributed by atoms with Gasteiger partial charge in [-0.1, -0.05) is 6.92 Å². The fourth-order valence-corrected chi connectivity index (χ4v) is 2.72. The molecule has 116 valence electrons. The van der Waals surface area contributed by atoms with Crippen LogP contribution in [0.25, 0.3) is 0 Å². The van der Waals surface area contributed by atoms with Gasteiger partial charge in [0.1, 0.15) is 5.84 Å². The predicted molar refractivity (Wildman–Crippen MR) is 77.7 cm³/mol. The Morgan fingerprint density at radius 1 is 1.29 bits per heavy atom. The fraction of sp³-hybridized carbons (Fsp3) is 0.533. The van der Waals surface area contributed by atoms with E-state index in [0.717, 1.165) is 38.4 Å². The largest absolute Gasteiger partial charge is 0.417 e. The van der Waals surface area contributed by atoms with Crippen LogP contribution >= 0.6 is 0 Å². The highest BCUT2D eigenvalue weighted by molar-refractivity contribution is 5.97. The van der Waals surface area contributed by atoms with Crippen LogP contribution in [0.15, 0.2) is 18.2 Å². The van der Waals surface area contributed by atoms with E-state index in [0.29, 0.717) is 11.6 Å². The standard InChI is InChI=1S/C15H20F3N3/c1-10-3-2-7-21(8-6-10)11-4-5-13(15(16,17)18)12(9-11)14(19)20/h4-5,9-10H,2-3,6-8H2,1H3,(H3,19,20). The van der Waals surface area contributed by atoms with Crippen molar-refractivity contribution < 1.29 is 13.2 Å². The molecular weight excluding hydrogens is 279 g/mol. The first kappa shape index (κ1) is 15.7. The topological polar surface area (TPSA) is 53.1 Å². The first-order valence-electron chi connectivity index (χ1n) is 7.09. The summed E-state index contributed by atoms with van der Waals surface area (Å²) in [6, 6.07) is 3.90. The highest BCUT2D eigenvalue weighted by atomic mass is 19.4. The molecule has 3 N–H and O–H groups in total. The van der Waals surface area contributed by atoms with E-state index in [2.05, 4.69) is 11.8 Å². The first-order valence-corrected chi connectivity index (χ1v) is 7.09. The van der Waals surface area contributed by atoms with Gasteiger partial charge in [-0.25, -0.2) is 0 Å². The number of rotatable bonds is 2. The number of nitrogens with one attached hydrogen (secondary N) is 1. The number of nitrogen functional groups attached to an aromatic ring is 1. The zero-order valence-electron chi connectivity index (χ0n) is 12.0. The van der Waals surface area contributed by atoms with E-state index < -0.39 is 17.6 Å². The summed E-state index contributed by atoms with van der Waals surface area (Å²) in [6.45, 7) is 3.84. The Labute approximate surface area is 122 Å². The molecular formula is C15H20F3N3. The third-order valence-corrected chi connectivity index (χ3v) is 3.98. The maximum Gasteiger partial charge on any atom is 0.417 e. The van der Waals surface area contributed by atoms with Gasteiger partial charge in [0.25, 0.3) is 0 Å². The molecule has 0 aromatic heterocycles. The molecule has 1 fully saturated rings. The smallest absolute Gasteiger partial charge is 0.384 e. The van der Waals surface area contributed by atoms with E-state index in [-0.39, 0.29) is 5.56 Å². The molecule has 2 rings (SSSR count). The van der Waals surface area contributed by atoms with Gasteiger partial charge in [-0.2, -0.15) is 13.2 Å². The van der Waals surface area contributed by atoms with Crippen molar-refractivity contribution in [2.24, 2.45) is 11.7 Å². The second kappa shape index (κ2) is 5.95. The molecule has 1 unspecified atom stereocenters. The summed E-state index contributed by atoms with van der Waals surface area (Å²) in [6.07, 6.45) is -1.31. The zero-order chi connectivity index (χ0) is 15.6. The minimum Gasteiger partial charge on any atom is -0.384 e. The van der Waals surface area contributed by atoms with Gasteiger partial charge in [0.2, 0.25) is 0 Å². The number of hydrogen-bond donors (Lipinski definition) is 2. The first-order chi connectivity index (χ1) is 9.79. The van der Waals surface area contributed by atoms with Gasteiger partial charge in [0.05, 0.1) is 5.56 Å². The Hall–Kier alpha value is -1.72. The normalized spacial score (nSPS) is 20.2. The van der Waals surface area contributed by atoms with Gasteiger partial charge in [-0.15, -0.1) is 0 Å². The highest BCUT2D eigenvalue weighted by Gasteiger charge is 2.34. The van der Waals surface area contributed by atoms with Crippen LogP contribution in [0.5, 0.6) is 0 Å². The molecule has 1 atom stereocenters. The van der Waals surface area contributed by atoms with Crippen LogP contribution < -0.4 is 10.6 Å². The lowest BCUT2D eigenvalue weighted by Crippen LogP contribution is -2.26. The van der Waals surface area contributed by atoms with E-state index in [1.165, 1.54) is 12.1 Å². The van der Waals surface area contributed by atoms with Crippen LogP contribution in [-0.2, 0) is 6.18 Å². The Kier molecular flexibility index (Phi) is 4.44. The summed E-state index contributed by atoms with van der Waals surface area (Å²) in [5.74, 6) is 0.0871. The molecule has 1 aliphatic rings. The second-order valence-electron chi connectivity index (χ2n) is 5.66. The number of anilines is 1. The van der Waals surface area contributed by atoms with Crippen molar-refractivity contribution in [1.29, 1.82) is 5.41 Å². The minimum absolute atomic E-state index is 0.239. The van der Waals surface area contributed by atoms with E-state index in [1.54, 1.807) is 0 Å². The van der Waals surface area contributed by atoms with Gasteiger partial charge in [-0.3, -0.25) is 5.41 Å². The molecule has 0 saturated carbocycles. The number of nitrogens with zero attached hydrogens (tertiary/aromatic N) is 1. The summed E-state index contributed by atoms with van der Waals surface area (Å²) in [7, 11) is 0. The molecule has 0 radical (unpaired) electrons. The minimum atomic E-state index is -4.49. The SMILES string of the molecule is CC1CCCN(c2ccc(C(F)(F)F)c(C(=N)N)c2)CC1. The fourth-order valence-electron chi connectivity index (χ4n) is 2.72.